The summed E-state index contributed by atoms with van der Waals surface area (Å²) in [5.74, 6) is -0.383. The highest BCUT2D eigenvalue weighted by molar-refractivity contribution is 6.30. The van der Waals surface area contributed by atoms with Gasteiger partial charge in [-0.1, -0.05) is 36.6 Å². The van der Waals surface area contributed by atoms with Crippen LogP contribution in [0.4, 0.5) is 9.18 Å². The van der Waals surface area contributed by atoms with Gasteiger partial charge in [0.1, 0.15) is 5.82 Å². The first kappa shape index (κ1) is 17.0. The van der Waals surface area contributed by atoms with E-state index in [4.69, 9.17) is 16.7 Å². The summed E-state index contributed by atoms with van der Waals surface area (Å²) in [5, 5.41) is 11.2. The minimum Gasteiger partial charge on any atom is -0.465 e. The first-order valence-electron chi connectivity index (χ1n) is 7.67. The number of carbonyl (C=O) groups is 1. The Labute approximate surface area is 135 Å². The molecule has 0 spiro atoms. The van der Waals surface area contributed by atoms with Crippen molar-refractivity contribution < 1.29 is 14.3 Å². The van der Waals surface area contributed by atoms with E-state index >= 15 is 0 Å². The standard InChI is InChI=1S/C16H22ClFN2O2/c1-11(13-7-4-8-14(17)15(13)18)20(10-9-19-16(21)22)12-5-2-3-6-12/h4,7-8,11-12,19H,2-3,5-6,9-10H2,1H3,(H,21,22). The number of hydrogen-bond donors (Lipinski definition) is 2. The lowest BCUT2D eigenvalue weighted by Crippen LogP contribution is -2.41. The summed E-state index contributed by atoms with van der Waals surface area (Å²) in [6.45, 7) is 2.84. The number of halogens is 2. The number of benzene rings is 1. The average Bonchev–Trinajstić information content (AvgIpc) is 2.99. The first-order valence-corrected chi connectivity index (χ1v) is 8.05. The zero-order valence-corrected chi connectivity index (χ0v) is 13.4. The van der Waals surface area contributed by atoms with E-state index in [-0.39, 0.29) is 16.9 Å². The van der Waals surface area contributed by atoms with Gasteiger partial charge < -0.3 is 10.4 Å². The smallest absolute Gasteiger partial charge is 0.404 e. The minimum absolute atomic E-state index is 0.124. The molecular formula is C16H22ClFN2O2. The van der Waals surface area contributed by atoms with E-state index in [2.05, 4.69) is 10.2 Å². The fourth-order valence-corrected chi connectivity index (χ4v) is 3.42. The Bertz CT molecular complexity index is 521. The predicted octanol–water partition coefficient (Wildman–Crippen LogP) is 4.05. The molecule has 2 N–H and O–H groups in total. The van der Waals surface area contributed by atoms with Crippen LogP contribution in [-0.4, -0.2) is 35.2 Å². The summed E-state index contributed by atoms with van der Waals surface area (Å²) in [4.78, 5) is 12.8. The molecule has 1 unspecified atom stereocenters. The third-order valence-electron chi connectivity index (χ3n) is 4.37. The van der Waals surface area contributed by atoms with Crippen LogP contribution in [0.1, 0.15) is 44.2 Å². The molecule has 0 radical (unpaired) electrons. The highest BCUT2D eigenvalue weighted by Crippen LogP contribution is 2.33. The van der Waals surface area contributed by atoms with Gasteiger partial charge in [0, 0.05) is 30.7 Å². The van der Waals surface area contributed by atoms with Crippen LogP contribution >= 0.6 is 11.6 Å². The quantitative estimate of drug-likeness (QED) is 0.828. The summed E-state index contributed by atoms with van der Waals surface area (Å²) >= 11 is 5.88. The highest BCUT2D eigenvalue weighted by Gasteiger charge is 2.28. The molecule has 1 aliphatic rings. The molecule has 0 saturated heterocycles. The van der Waals surface area contributed by atoms with Crippen molar-refractivity contribution >= 4 is 17.7 Å². The van der Waals surface area contributed by atoms with E-state index < -0.39 is 6.09 Å². The highest BCUT2D eigenvalue weighted by atomic mass is 35.5. The average molecular weight is 329 g/mol. The van der Waals surface area contributed by atoms with Gasteiger partial charge in [-0.05, 0) is 25.8 Å². The lowest BCUT2D eigenvalue weighted by Gasteiger charge is -2.35. The third kappa shape index (κ3) is 4.11. The number of hydrogen-bond acceptors (Lipinski definition) is 2. The van der Waals surface area contributed by atoms with Crippen LogP contribution in [0.3, 0.4) is 0 Å². The predicted molar refractivity (Wildman–Crippen MR) is 84.8 cm³/mol. The SMILES string of the molecule is CC(c1cccc(Cl)c1F)N(CCNC(=O)O)C1CCCC1. The van der Waals surface area contributed by atoms with Crippen molar-refractivity contribution in [3.63, 3.8) is 0 Å². The van der Waals surface area contributed by atoms with Gasteiger partial charge in [-0.25, -0.2) is 9.18 Å². The molecule has 22 heavy (non-hydrogen) atoms. The fraction of sp³-hybridized carbons (Fsp3) is 0.562. The molecule has 1 amide bonds. The van der Waals surface area contributed by atoms with Crippen molar-refractivity contribution in [3.05, 3.63) is 34.6 Å². The summed E-state index contributed by atoms with van der Waals surface area (Å²) in [7, 11) is 0. The van der Waals surface area contributed by atoms with Crippen LogP contribution < -0.4 is 5.32 Å². The zero-order valence-electron chi connectivity index (χ0n) is 12.7. The van der Waals surface area contributed by atoms with Gasteiger partial charge >= 0.3 is 6.09 Å². The molecule has 1 atom stereocenters. The monoisotopic (exact) mass is 328 g/mol. The minimum atomic E-state index is -1.03. The Morgan fingerprint density at radius 1 is 1.50 bits per heavy atom. The second kappa shape index (κ2) is 7.79. The van der Waals surface area contributed by atoms with E-state index in [0.29, 0.717) is 24.7 Å². The fourth-order valence-electron chi connectivity index (χ4n) is 3.24. The third-order valence-corrected chi connectivity index (χ3v) is 4.66. The molecule has 0 aromatic heterocycles. The topological polar surface area (TPSA) is 52.6 Å². The van der Waals surface area contributed by atoms with Crippen LogP contribution in [0, 0.1) is 5.82 Å². The Morgan fingerprint density at radius 3 is 2.82 bits per heavy atom. The van der Waals surface area contributed by atoms with E-state index in [1.807, 2.05) is 6.92 Å². The van der Waals surface area contributed by atoms with Gasteiger partial charge in [0.25, 0.3) is 0 Å². The Hall–Kier alpha value is -1.33. The van der Waals surface area contributed by atoms with Crippen LogP contribution in [0.5, 0.6) is 0 Å². The van der Waals surface area contributed by atoms with E-state index in [1.165, 1.54) is 0 Å². The van der Waals surface area contributed by atoms with Crippen molar-refractivity contribution in [3.8, 4) is 0 Å². The number of nitrogens with one attached hydrogen (secondary N) is 1. The molecule has 1 saturated carbocycles. The maximum atomic E-state index is 14.3. The van der Waals surface area contributed by atoms with Gasteiger partial charge in [0.05, 0.1) is 5.02 Å². The van der Waals surface area contributed by atoms with Crippen LogP contribution in [-0.2, 0) is 0 Å². The molecule has 0 heterocycles. The van der Waals surface area contributed by atoms with Crippen LogP contribution in [0.15, 0.2) is 18.2 Å². The number of carboxylic acid groups (broad SMARTS) is 1. The lowest BCUT2D eigenvalue weighted by atomic mass is 10.0. The van der Waals surface area contributed by atoms with Gasteiger partial charge in [-0.15, -0.1) is 0 Å². The molecule has 0 aliphatic heterocycles. The van der Waals surface area contributed by atoms with Crippen molar-refractivity contribution in [1.82, 2.24) is 10.2 Å². The van der Waals surface area contributed by atoms with E-state index in [0.717, 1.165) is 25.7 Å². The molecule has 1 aromatic rings. The number of amides is 1. The molecule has 4 nitrogen and oxygen atoms in total. The Morgan fingerprint density at radius 2 is 2.18 bits per heavy atom. The second-order valence-corrected chi connectivity index (χ2v) is 6.13. The Balaban J connectivity index is 2.15. The Kier molecular flexibility index (Phi) is 6.03. The number of nitrogens with zero attached hydrogens (tertiary/aromatic N) is 1. The molecule has 0 bridgehead atoms. The summed E-state index contributed by atoms with van der Waals surface area (Å²) in [6, 6.07) is 5.26. The maximum absolute atomic E-state index is 14.3. The van der Waals surface area contributed by atoms with Crippen molar-refractivity contribution in [2.24, 2.45) is 0 Å². The summed E-state index contributed by atoms with van der Waals surface area (Å²) < 4.78 is 14.3. The van der Waals surface area contributed by atoms with E-state index in [9.17, 15) is 9.18 Å². The molecule has 1 aromatic carbocycles. The molecular weight excluding hydrogens is 307 g/mol. The molecule has 1 aliphatic carbocycles. The van der Waals surface area contributed by atoms with Gasteiger partial charge in [0.15, 0.2) is 0 Å². The summed E-state index contributed by atoms with van der Waals surface area (Å²) in [6.07, 6.45) is 3.43. The van der Waals surface area contributed by atoms with Crippen molar-refractivity contribution in [2.45, 2.75) is 44.7 Å². The van der Waals surface area contributed by atoms with Gasteiger partial charge in [-0.2, -0.15) is 0 Å². The molecule has 1 fully saturated rings. The van der Waals surface area contributed by atoms with Crippen LogP contribution in [0.25, 0.3) is 0 Å². The molecule has 122 valence electrons. The lowest BCUT2D eigenvalue weighted by molar-refractivity contribution is 0.140. The maximum Gasteiger partial charge on any atom is 0.404 e. The van der Waals surface area contributed by atoms with Crippen LogP contribution in [0.2, 0.25) is 5.02 Å². The first-order chi connectivity index (χ1) is 10.5. The molecule has 2 rings (SSSR count). The summed E-state index contributed by atoms with van der Waals surface area (Å²) in [5.41, 5.74) is 0.565. The zero-order chi connectivity index (χ0) is 16.1. The van der Waals surface area contributed by atoms with E-state index in [1.54, 1.807) is 18.2 Å². The van der Waals surface area contributed by atoms with Crippen molar-refractivity contribution in [1.29, 1.82) is 0 Å². The van der Waals surface area contributed by atoms with Crippen molar-refractivity contribution in [2.75, 3.05) is 13.1 Å². The number of rotatable bonds is 6. The largest absolute Gasteiger partial charge is 0.465 e. The van der Waals surface area contributed by atoms with Gasteiger partial charge in [-0.3, -0.25) is 4.90 Å². The molecule has 6 heteroatoms. The second-order valence-electron chi connectivity index (χ2n) is 5.73. The normalized spacial score (nSPS) is 16.9. The van der Waals surface area contributed by atoms with Gasteiger partial charge in [0.2, 0.25) is 0 Å².